The van der Waals surface area contributed by atoms with Gasteiger partial charge in [-0.1, -0.05) is 18.2 Å². The van der Waals surface area contributed by atoms with Gasteiger partial charge < -0.3 is 10.3 Å². The lowest BCUT2D eigenvalue weighted by Crippen LogP contribution is -2.15. The fourth-order valence-electron chi connectivity index (χ4n) is 2.76. The van der Waals surface area contributed by atoms with Gasteiger partial charge in [-0.3, -0.25) is 9.52 Å². The van der Waals surface area contributed by atoms with E-state index < -0.39 is 10.0 Å². The lowest BCUT2D eigenvalue weighted by Gasteiger charge is -2.08. The van der Waals surface area contributed by atoms with Crippen LogP contribution in [0.1, 0.15) is 11.3 Å². The van der Waals surface area contributed by atoms with E-state index in [1.165, 1.54) is 0 Å². The molecule has 0 saturated heterocycles. The number of benzene rings is 2. The number of carbonyl (C=O) groups is 1. The Morgan fingerprint density at radius 2 is 1.68 bits per heavy atom. The number of rotatable bonds is 5. The molecule has 1 aromatic heterocycles. The second-order valence-corrected chi connectivity index (χ2v) is 7.70. The van der Waals surface area contributed by atoms with E-state index in [0.717, 1.165) is 28.4 Å². The van der Waals surface area contributed by atoms with Crippen LogP contribution in [-0.4, -0.2) is 25.6 Å². The van der Waals surface area contributed by atoms with Gasteiger partial charge in [0.15, 0.2) is 0 Å². The largest absolute Gasteiger partial charge is 0.358 e. The van der Waals surface area contributed by atoms with Crippen molar-refractivity contribution in [1.82, 2.24) is 4.98 Å². The second kappa shape index (κ2) is 6.60. The molecule has 1 heterocycles. The second-order valence-electron chi connectivity index (χ2n) is 5.95. The minimum Gasteiger partial charge on any atom is -0.358 e. The highest BCUT2D eigenvalue weighted by Crippen LogP contribution is 2.23. The summed E-state index contributed by atoms with van der Waals surface area (Å²) in [6.07, 6.45) is 1.35. The summed E-state index contributed by atoms with van der Waals surface area (Å²) in [5, 5.41) is 3.88. The summed E-state index contributed by atoms with van der Waals surface area (Å²) < 4.78 is 24.8. The van der Waals surface area contributed by atoms with Gasteiger partial charge in [-0.15, -0.1) is 0 Å². The quantitative estimate of drug-likeness (QED) is 0.655. The maximum absolute atomic E-state index is 12.4. The molecule has 25 heavy (non-hydrogen) atoms. The Balaban J connectivity index is 1.71. The van der Waals surface area contributed by atoms with Crippen molar-refractivity contribution in [3.8, 4) is 0 Å². The summed E-state index contributed by atoms with van der Waals surface area (Å²) in [4.78, 5) is 15.6. The first kappa shape index (κ1) is 17.0. The van der Waals surface area contributed by atoms with Crippen molar-refractivity contribution in [3.05, 3.63) is 59.8 Å². The van der Waals surface area contributed by atoms with Gasteiger partial charge in [-0.25, -0.2) is 8.42 Å². The zero-order chi connectivity index (χ0) is 18.0. The monoisotopic (exact) mass is 357 g/mol. The van der Waals surface area contributed by atoms with Gasteiger partial charge in [0.1, 0.15) is 0 Å². The molecule has 6 nitrogen and oxygen atoms in total. The molecule has 3 rings (SSSR count). The van der Waals surface area contributed by atoms with Crippen molar-refractivity contribution >= 4 is 38.2 Å². The normalized spacial score (nSPS) is 11.4. The first-order valence-corrected chi connectivity index (χ1v) is 9.65. The molecule has 0 fully saturated rings. The van der Waals surface area contributed by atoms with Gasteiger partial charge in [-0.2, -0.15) is 0 Å². The summed E-state index contributed by atoms with van der Waals surface area (Å²) in [5.41, 5.74) is 4.03. The molecule has 7 heteroatoms. The van der Waals surface area contributed by atoms with Crippen molar-refractivity contribution in [2.24, 2.45) is 0 Å². The third kappa shape index (κ3) is 4.19. The van der Waals surface area contributed by atoms with Crippen LogP contribution in [0.15, 0.2) is 48.5 Å². The van der Waals surface area contributed by atoms with Crippen LogP contribution in [-0.2, 0) is 21.2 Å². The van der Waals surface area contributed by atoms with E-state index in [9.17, 15) is 13.2 Å². The molecular formula is C18H19N3O3S. The molecule has 0 unspecified atom stereocenters. The first-order valence-electron chi connectivity index (χ1n) is 7.76. The third-order valence-electron chi connectivity index (χ3n) is 3.84. The summed E-state index contributed by atoms with van der Waals surface area (Å²) >= 11 is 0. The standard InChI is InChI=1S/C18H19N3O3S/c1-12-16(15-5-3-4-6-17(15)19-12)11-18(22)20-13-7-9-14(10-8-13)21-25(2,23)24/h3-10,19,21H,11H2,1-2H3,(H,20,22). The van der Waals surface area contributed by atoms with Gasteiger partial charge in [0.05, 0.1) is 12.7 Å². The molecule has 0 aliphatic rings. The number of nitrogens with one attached hydrogen (secondary N) is 3. The Labute approximate surface area is 146 Å². The molecular weight excluding hydrogens is 338 g/mol. The maximum Gasteiger partial charge on any atom is 0.229 e. The fraction of sp³-hybridized carbons (Fsp3) is 0.167. The SMILES string of the molecule is Cc1[nH]c2ccccc2c1CC(=O)Nc1ccc(NS(C)(=O)=O)cc1. The fourth-order valence-corrected chi connectivity index (χ4v) is 3.33. The highest BCUT2D eigenvalue weighted by Gasteiger charge is 2.12. The zero-order valence-electron chi connectivity index (χ0n) is 14.0. The third-order valence-corrected chi connectivity index (χ3v) is 4.44. The predicted molar refractivity (Wildman–Crippen MR) is 100 cm³/mol. The molecule has 0 saturated carbocycles. The molecule has 3 N–H and O–H groups in total. The van der Waals surface area contributed by atoms with Crippen LogP contribution in [0.25, 0.3) is 10.9 Å². The number of amides is 1. The highest BCUT2D eigenvalue weighted by molar-refractivity contribution is 7.92. The smallest absolute Gasteiger partial charge is 0.229 e. The van der Waals surface area contributed by atoms with E-state index in [1.54, 1.807) is 24.3 Å². The van der Waals surface area contributed by atoms with Gasteiger partial charge in [0.25, 0.3) is 0 Å². The summed E-state index contributed by atoms with van der Waals surface area (Å²) in [6, 6.07) is 14.4. The van der Waals surface area contributed by atoms with E-state index in [0.29, 0.717) is 11.4 Å². The molecule has 0 radical (unpaired) electrons. The van der Waals surface area contributed by atoms with E-state index in [2.05, 4.69) is 15.0 Å². The number of aromatic nitrogens is 1. The molecule has 130 valence electrons. The zero-order valence-corrected chi connectivity index (χ0v) is 14.8. The van der Waals surface area contributed by atoms with Crippen LogP contribution >= 0.6 is 0 Å². The summed E-state index contributed by atoms with van der Waals surface area (Å²) in [6.45, 7) is 1.95. The minimum absolute atomic E-state index is 0.128. The number of fused-ring (bicyclic) bond motifs is 1. The van der Waals surface area contributed by atoms with Crippen LogP contribution in [0.3, 0.4) is 0 Å². The van der Waals surface area contributed by atoms with Gasteiger partial charge in [0.2, 0.25) is 15.9 Å². The minimum atomic E-state index is -3.31. The van der Waals surface area contributed by atoms with Crippen molar-refractivity contribution in [3.63, 3.8) is 0 Å². The Morgan fingerprint density at radius 1 is 1.04 bits per heavy atom. The van der Waals surface area contributed by atoms with Crippen LogP contribution in [0.2, 0.25) is 0 Å². The Morgan fingerprint density at radius 3 is 2.36 bits per heavy atom. The average molecular weight is 357 g/mol. The van der Waals surface area contributed by atoms with Crippen LogP contribution in [0.5, 0.6) is 0 Å². The number of sulfonamides is 1. The number of para-hydroxylation sites is 1. The number of hydrogen-bond donors (Lipinski definition) is 3. The lowest BCUT2D eigenvalue weighted by molar-refractivity contribution is -0.115. The Bertz CT molecular complexity index is 1020. The topological polar surface area (TPSA) is 91.1 Å². The van der Waals surface area contributed by atoms with Crippen molar-refractivity contribution in [2.45, 2.75) is 13.3 Å². The van der Waals surface area contributed by atoms with Gasteiger partial charge in [-0.05, 0) is 42.8 Å². The number of anilines is 2. The molecule has 0 bridgehead atoms. The van der Waals surface area contributed by atoms with E-state index in [1.807, 2.05) is 31.2 Å². The lowest BCUT2D eigenvalue weighted by atomic mass is 10.1. The Kier molecular flexibility index (Phi) is 4.50. The predicted octanol–water partition coefficient (Wildman–Crippen LogP) is 3.03. The molecule has 3 aromatic rings. The van der Waals surface area contributed by atoms with Crippen molar-refractivity contribution < 1.29 is 13.2 Å². The maximum atomic E-state index is 12.4. The first-order chi connectivity index (χ1) is 11.8. The molecule has 0 aliphatic carbocycles. The van der Waals surface area contributed by atoms with Gasteiger partial charge >= 0.3 is 0 Å². The summed E-state index contributed by atoms with van der Waals surface area (Å²) in [7, 11) is -3.31. The number of carbonyl (C=O) groups excluding carboxylic acids is 1. The van der Waals surface area contributed by atoms with E-state index in [4.69, 9.17) is 0 Å². The average Bonchev–Trinajstić information content (AvgIpc) is 2.84. The Hall–Kier alpha value is -2.80. The molecule has 0 spiro atoms. The molecule has 0 aliphatic heterocycles. The van der Waals surface area contributed by atoms with Crippen LogP contribution in [0, 0.1) is 6.92 Å². The number of hydrogen-bond acceptors (Lipinski definition) is 3. The molecule has 1 amide bonds. The van der Waals surface area contributed by atoms with Crippen LogP contribution < -0.4 is 10.0 Å². The van der Waals surface area contributed by atoms with Gasteiger partial charge in [0, 0.05) is 28.0 Å². The number of H-pyrrole nitrogens is 1. The summed E-state index contributed by atoms with van der Waals surface area (Å²) in [5.74, 6) is -0.128. The van der Waals surface area contributed by atoms with Crippen LogP contribution in [0.4, 0.5) is 11.4 Å². The molecule has 2 aromatic carbocycles. The number of aromatic amines is 1. The highest BCUT2D eigenvalue weighted by atomic mass is 32.2. The number of aryl methyl sites for hydroxylation is 1. The van der Waals surface area contributed by atoms with Crippen molar-refractivity contribution in [2.75, 3.05) is 16.3 Å². The van der Waals surface area contributed by atoms with E-state index in [-0.39, 0.29) is 12.3 Å². The van der Waals surface area contributed by atoms with Crippen molar-refractivity contribution in [1.29, 1.82) is 0 Å². The van der Waals surface area contributed by atoms with E-state index >= 15 is 0 Å². The molecule has 0 atom stereocenters.